The van der Waals surface area contributed by atoms with Gasteiger partial charge in [-0.05, 0) is 50.3 Å². The van der Waals surface area contributed by atoms with Gasteiger partial charge in [-0.2, -0.15) is 0 Å². The molecule has 2 aromatic rings. The maximum atomic E-state index is 13.0. The summed E-state index contributed by atoms with van der Waals surface area (Å²) in [5.74, 6) is -0.135. The molecular weight excluding hydrogens is 415 g/mol. The molecule has 0 atom stereocenters. The quantitative estimate of drug-likeness (QED) is 0.355. The molecule has 3 rings (SSSR count). The molecule has 0 amide bonds. The number of ether oxygens (including phenoxy) is 3. The van der Waals surface area contributed by atoms with Crippen LogP contribution in [0.1, 0.15) is 35.3 Å². The zero-order valence-corrected chi connectivity index (χ0v) is 17.7. The SMILES string of the molecule is COCOc1cc(O)c(C(=O)/C=C/c2c(Cl)cccc2Cl)c2c1C=CC(C)(C)O2. The number of carbonyl (C=O) groups is 1. The molecule has 0 saturated heterocycles. The zero-order valence-electron chi connectivity index (χ0n) is 16.2. The Hall–Kier alpha value is -2.47. The Morgan fingerprint density at radius 2 is 1.97 bits per heavy atom. The van der Waals surface area contributed by atoms with E-state index in [-0.39, 0.29) is 23.9 Å². The van der Waals surface area contributed by atoms with Crippen LogP contribution in [-0.4, -0.2) is 30.4 Å². The topological polar surface area (TPSA) is 65.0 Å². The summed E-state index contributed by atoms with van der Waals surface area (Å²) in [7, 11) is 1.49. The van der Waals surface area contributed by atoms with Crippen molar-refractivity contribution in [3.05, 3.63) is 63.2 Å². The monoisotopic (exact) mass is 434 g/mol. The minimum Gasteiger partial charge on any atom is -0.507 e. The van der Waals surface area contributed by atoms with Crippen molar-refractivity contribution in [1.82, 2.24) is 0 Å². The molecule has 2 aromatic carbocycles. The highest BCUT2D eigenvalue weighted by Crippen LogP contribution is 2.44. The molecule has 5 nitrogen and oxygen atoms in total. The normalized spacial score (nSPS) is 14.5. The van der Waals surface area contributed by atoms with Gasteiger partial charge in [0.2, 0.25) is 0 Å². The first kappa shape index (κ1) is 21.2. The highest BCUT2D eigenvalue weighted by Gasteiger charge is 2.30. The Morgan fingerprint density at radius 1 is 1.28 bits per heavy atom. The predicted molar refractivity (Wildman–Crippen MR) is 114 cm³/mol. The fraction of sp³-hybridized carbons (Fsp3) is 0.227. The number of rotatable bonds is 6. The zero-order chi connectivity index (χ0) is 21.2. The van der Waals surface area contributed by atoms with Crippen LogP contribution in [0.5, 0.6) is 17.2 Å². The first-order valence-corrected chi connectivity index (χ1v) is 9.55. The van der Waals surface area contributed by atoms with Crippen LogP contribution < -0.4 is 9.47 Å². The number of phenolic OH excluding ortho intramolecular Hbond substituents is 1. The molecule has 0 radical (unpaired) electrons. The summed E-state index contributed by atoms with van der Waals surface area (Å²) in [6, 6.07) is 6.44. The fourth-order valence-corrected chi connectivity index (χ4v) is 3.40. The van der Waals surface area contributed by atoms with Crippen LogP contribution in [0.3, 0.4) is 0 Å². The van der Waals surface area contributed by atoms with Gasteiger partial charge in [-0.25, -0.2) is 0 Å². The lowest BCUT2D eigenvalue weighted by Crippen LogP contribution is -2.28. The summed E-state index contributed by atoms with van der Waals surface area (Å²) in [4.78, 5) is 13.0. The third kappa shape index (κ3) is 4.58. The molecular formula is C22H20Cl2O5. The third-order valence-electron chi connectivity index (χ3n) is 4.26. The molecule has 1 aliphatic rings. The maximum absolute atomic E-state index is 13.0. The van der Waals surface area contributed by atoms with E-state index in [0.29, 0.717) is 26.9 Å². The second kappa shape index (κ2) is 8.49. The van der Waals surface area contributed by atoms with E-state index in [1.54, 1.807) is 24.3 Å². The number of methoxy groups -OCH3 is 1. The summed E-state index contributed by atoms with van der Waals surface area (Å²) in [5.41, 5.74) is 0.427. The fourth-order valence-electron chi connectivity index (χ4n) is 2.87. The van der Waals surface area contributed by atoms with E-state index >= 15 is 0 Å². The molecule has 0 unspecified atom stereocenters. The van der Waals surface area contributed by atoms with E-state index in [4.69, 9.17) is 37.4 Å². The van der Waals surface area contributed by atoms with Crippen LogP contribution in [0.4, 0.5) is 0 Å². The summed E-state index contributed by atoms with van der Waals surface area (Å²) in [6.07, 6.45) is 6.46. The Kier molecular flexibility index (Phi) is 6.22. The molecule has 1 heterocycles. The van der Waals surface area contributed by atoms with Crippen molar-refractivity contribution in [1.29, 1.82) is 0 Å². The first-order valence-electron chi connectivity index (χ1n) is 8.80. The maximum Gasteiger partial charge on any atom is 0.193 e. The number of ketones is 1. The number of phenols is 1. The van der Waals surface area contributed by atoms with Gasteiger partial charge in [0.15, 0.2) is 12.6 Å². The average Bonchev–Trinajstić information content (AvgIpc) is 2.64. The van der Waals surface area contributed by atoms with Crippen LogP contribution >= 0.6 is 23.2 Å². The molecule has 0 fully saturated rings. The number of aromatic hydroxyl groups is 1. The number of halogens is 2. The number of carbonyl (C=O) groups excluding carboxylic acids is 1. The number of hydrogen-bond acceptors (Lipinski definition) is 5. The van der Waals surface area contributed by atoms with E-state index in [2.05, 4.69) is 0 Å². The predicted octanol–water partition coefficient (Wildman–Crippen LogP) is 5.76. The van der Waals surface area contributed by atoms with Gasteiger partial charge in [0.05, 0.1) is 5.56 Å². The molecule has 0 aromatic heterocycles. The van der Waals surface area contributed by atoms with E-state index in [0.717, 1.165) is 0 Å². The van der Waals surface area contributed by atoms with Crippen LogP contribution in [0.2, 0.25) is 10.0 Å². The van der Waals surface area contributed by atoms with Crippen LogP contribution in [0, 0.1) is 0 Å². The second-order valence-corrected chi connectivity index (χ2v) is 7.75. The lowest BCUT2D eigenvalue weighted by molar-refractivity contribution is 0.0502. The molecule has 152 valence electrons. The Bertz CT molecular complexity index is 988. The second-order valence-electron chi connectivity index (χ2n) is 6.93. The minimum atomic E-state index is -0.663. The highest BCUT2D eigenvalue weighted by molar-refractivity contribution is 6.37. The van der Waals surface area contributed by atoms with Crippen LogP contribution in [-0.2, 0) is 4.74 Å². The molecule has 0 aliphatic carbocycles. The molecule has 0 saturated carbocycles. The van der Waals surface area contributed by atoms with Crippen molar-refractivity contribution in [2.24, 2.45) is 0 Å². The lowest BCUT2D eigenvalue weighted by atomic mass is 9.96. The van der Waals surface area contributed by atoms with Crippen molar-refractivity contribution in [3.63, 3.8) is 0 Å². The molecule has 29 heavy (non-hydrogen) atoms. The van der Waals surface area contributed by atoms with Gasteiger partial charge >= 0.3 is 0 Å². The Morgan fingerprint density at radius 3 is 2.62 bits per heavy atom. The van der Waals surface area contributed by atoms with Gasteiger partial charge in [0.25, 0.3) is 0 Å². The summed E-state index contributed by atoms with van der Waals surface area (Å²) < 4.78 is 16.5. The molecule has 0 spiro atoms. The van der Waals surface area contributed by atoms with Crippen molar-refractivity contribution >= 4 is 41.1 Å². The van der Waals surface area contributed by atoms with Crippen LogP contribution in [0.25, 0.3) is 12.2 Å². The Balaban J connectivity index is 2.06. The van der Waals surface area contributed by atoms with Gasteiger partial charge < -0.3 is 19.3 Å². The van der Waals surface area contributed by atoms with E-state index in [9.17, 15) is 9.90 Å². The number of hydrogen-bond donors (Lipinski definition) is 1. The highest BCUT2D eigenvalue weighted by atomic mass is 35.5. The molecule has 7 heteroatoms. The van der Waals surface area contributed by atoms with Gasteiger partial charge in [-0.1, -0.05) is 29.3 Å². The van der Waals surface area contributed by atoms with E-state index < -0.39 is 11.4 Å². The van der Waals surface area contributed by atoms with E-state index in [1.807, 2.05) is 19.9 Å². The number of fused-ring (bicyclic) bond motifs is 1. The molecule has 1 aliphatic heterocycles. The standard InChI is InChI=1S/C22H20Cl2O5/c1-22(2)10-9-14-19(28-12-27-3)11-18(26)20(21(14)29-22)17(25)8-7-13-15(23)5-4-6-16(13)24/h4-11,26H,12H2,1-3H3/b8-7+. The number of benzene rings is 2. The lowest BCUT2D eigenvalue weighted by Gasteiger charge is -2.30. The Labute approximate surface area is 179 Å². The number of allylic oxidation sites excluding steroid dienone is 1. The first-order chi connectivity index (χ1) is 13.7. The van der Waals surface area contributed by atoms with Gasteiger partial charge in [-0.3, -0.25) is 4.79 Å². The van der Waals surface area contributed by atoms with Crippen molar-refractivity contribution in [3.8, 4) is 17.2 Å². The van der Waals surface area contributed by atoms with Crippen molar-refractivity contribution in [2.75, 3.05) is 13.9 Å². The summed E-state index contributed by atoms with van der Waals surface area (Å²) >= 11 is 12.3. The van der Waals surface area contributed by atoms with Crippen LogP contribution in [0.15, 0.2) is 36.4 Å². The minimum absolute atomic E-state index is 0.0126. The van der Waals surface area contributed by atoms with Gasteiger partial charge in [-0.15, -0.1) is 0 Å². The van der Waals surface area contributed by atoms with Crippen molar-refractivity contribution in [2.45, 2.75) is 19.4 Å². The summed E-state index contributed by atoms with van der Waals surface area (Å²) in [5, 5.41) is 11.4. The average molecular weight is 435 g/mol. The smallest absolute Gasteiger partial charge is 0.193 e. The third-order valence-corrected chi connectivity index (χ3v) is 4.92. The molecule has 0 bridgehead atoms. The van der Waals surface area contributed by atoms with Gasteiger partial charge in [0.1, 0.15) is 28.4 Å². The molecule has 1 N–H and O–H groups in total. The van der Waals surface area contributed by atoms with Gasteiger partial charge in [0, 0.05) is 28.8 Å². The van der Waals surface area contributed by atoms with E-state index in [1.165, 1.54) is 25.3 Å². The van der Waals surface area contributed by atoms with Crippen molar-refractivity contribution < 1.29 is 24.1 Å². The largest absolute Gasteiger partial charge is 0.507 e. The summed E-state index contributed by atoms with van der Waals surface area (Å²) in [6.45, 7) is 3.68.